The summed E-state index contributed by atoms with van der Waals surface area (Å²) >= 11 is 1.75. The molecule has 1 unspecified atom stereocenters. The Hall–Kier alpha value is -3.48. The van der Waals surface area contributed by atoms with E-state index in [2.05, 4.69) is 58.2 Å². The van der Waals surface area contributed by atoms with E-state index in [-0.39, 0.29) is 23.0 Å². The molecule has 3 aliphatic rings. The Morgan fingerprint density at radius 2 is 1.98 bits per heavy atom. The molecule has 0 radical (unpaired) electrons. The number of carbonyl (C=O) groups excluding carboxylic acids is 3. The Balaban J connectivity index is 1.31. The summed E-state index contributed by atoms with van der Waals surface area (Å²) in [5.74, 6) is -0.551. The van der Waals surface area contributed by atoms with E-state index in [1.165, 1.54) is 24.4 Å². The molecular formula is C28H34N6O4S2. The molecule has 0 saturated carbocycles. The van der Waals surface area contributed by atoms with Crippen molar-refractivity contribution in [2.45, 2.75) is 30.6 Å². The van der Waals surface area contributed by atoms with Gasteiger partial charge in [-0.05, 0) is 78.1 Å². The van der Waals surface area contributed by atoms with Crippen LogP contribution in [-0.4, -0.2) is 76.4 Å². The van der Waals surface area contributed by atoms with E-state index in [4.69, 9.17) is 15.5 Å². The van der Waals surface area contributed by atoms with Crippen molar-refractivity contribution < 1.29 is 19.1 Å². The molecule has 3 aromatic rings. The van der Waals surface area contributed by atoms with Crippen LogP contribution in [0.1, 0.15) is 41.0 Å². The number of nitrogens with zero attached hydrogens (tertiary/aromatic N) is 4. The van der Waals surface area contributed by atoms with Crippen LogP contribution in [0.2, 0.25) is 0 Å². The molecule has 2 aromatic heterocycles. The van der Waals surface area contributed by atoms with Gasteiger partial charge in [0, 0.05) is 19.0 Å². The van der Waals surface area contributed by atoms with E-state index in [1.54, 1.807) is 11.3 Å². The summed E-state index contributed by atoms with van der Waals surface area (Å²) in [7, 11) is 0.458. The van der Waals surface area contributed by atoms with Crippen molar-refractivity contribution in [3.05, 3.63) is 51.8 Å². The molecule has 3 aliphatic heterocycles. The van der Waals surface area contributed by atoms with Gasteiger partial charge < -0.3 is 25.0 Å². The first-order valence-electron chi connectivity index (χ1n) is 13.4. The Labute approximate surface area is 237 Å². The largest absolute Gasteiger partial charge is 0.480 e. The topological polar surface area (TPSA) is 131 Å². The zero-order valence-corrected chi connectivity index (χ0v) is 24.5. The zero-order chi connectivity index (χ0) is 28.3. The van der Waals surface area contributed by atoms with Gasteiger partial charge in [-0.3, -0.25) is 14.4 Å². The van der Waals surface area contributed by atoms with E-state index in [0.717, 1.165) is 46.8 Å². The molecule has 0 aliphatic carbocycles. The number of fused-ring (bicyclic) bond motifs is 1. The highest BCUT2D eigenvalue weighted by molar-refractivity contribution is 8.57. The van der Waals surface area contributed by atoms with E-state index in [9.17, 15) is 14.4 Å². The van der Waals surface area contributed by atoms with Crippen LogP contribution >= 0.6 is 20.7 Å². The summed E-state index contributed by atoms with van der Waals surface area (Å²) in [4.78, 5) is 51.5. The predicted molar refractivity (Wildman–Crippen MR) is 159 cm³/mol. The fraction of sp³-hybridized carbons (Fsp3) is 0.393. The number of hydrogen-bond donors (Lipinski definition) is 3. The third kappa shape index (κ3) is 4.25. The number of carbonyl (C=O) groups is 3. The number of rotatable bonds is 5. The maximum atomic E-state index is 13.8. The highest BCUT2D eigenvalue weighted by Crippen LogP contribution is 2.90. The number of thiol groups is 1. The molecule has 1 aromatic carbocycles. The second kappa shape index (κ2) is 9.57. The number of nitrogens with one attached hydrogen (secondary N) is 1. The molecule has 12 heteroatoms. The number of anilines is 1. The van der Waals surface area contributed by atoms with Gasteiger partial charge in [0.1, 0.15) is 5.56 Å². The lowest BCUT2D eigenvalue weighted by Crippen LogP contribution is -2.48. The van der Waals surface area contributed by atoms with Gasteiger partial charge in [0.15, 0.2) is 0 Å². The first-order chi connectivity index (χ1) is 19.1. The lowest BCUT2D eigenvalue weighted by Gasteiger charge is -2.59. The lowest BCUT2D eigenvalue weighted by atomic mass is 10.1. The van der Waals surface area contributed by atoms with Crippen molar-refractivity contribution in [2.24, 2.45) is 11.7 Å². The van der Waals surface area contributed by atoms with Gasteiger partial charge in [-0.1, -0.05) is 6.92 Å². The first kappa shape index (κ1) is 26.7. The van der Waals surface area contributed by atoms with Crippen molar-refractivity contribution in [1.82, 2.24) is 19.2 Å². The minimum atomic E-state index is -3.06. The predicted octanol–water partition coefficient (Wildman–Crippen LogP) is 3.56. The summed E-state index contributed by atoms with van der Waals surface area (Å²) in [6.45, 7) is 4.70. The molecule has 10 nitrogen and oxygen atoms in total. The number of amides is 3. The number of benzene rings is 1. The Bertz CT molecular complexity index is 1580. The number of nitrogens with two attached hydrogens (primary N) is 1. The van der Waals surface area contributed by atoms with Crippen LogP contribution in [0.4, 0.5) is 5.69 Å². The van der Waals surface area contributed by atoms with E-state index < -0.39 is 27.1 Å². The third-order valence-corrected chi connectivity index (χ3v) is 15.1. The molecule has 2 saturated heterocycles. The average Bonchev–Trinajstić information content (AvgIpc) is 3.28. The Kier molecular flexibility index (Phi) is 6.39. The number of likely N-dealkylation sites (N-methyl/N-ethyl adjacent to an activating group) is 1. The quantitative estimate of drug-likeness (QED) is 0.310. The number of pyridine rings is 1. The van der Waals surface area contributed by atoms with Crippen LogP contribution in [-0.2, 0) is 9.59 Å². The fourth-order valence-electron chi connectivity index (χ4n) is 6.08. The van der Waals surface area contributed by atoms with Gasteiger partial charge >= 0.3 is 11.8 Å². The number of methoxy groups -OCH3 is 1. The maximum Gasteiger partial charge on any atom is 0.320 e. The highest BCUT2D eigenvalue weighted by atomic mass is 32.3. The number of primary amides is 1. The first-order valence-corrected chi connectivity index (χ1v) is 16.7. The molecule has 0 bridgehead atoms. The number of hydrogen-bond acceptors (Lipinski definition) is 8. The number of aromatic nitrogens is 2. The van der Waals surface area contributed by atoms with Crippen LogP contribution < -0.4 is 15.8 Å². The third-order valence-electron chi connectivity index (χ3n) is 8.51. The van der Waals surface area contributed by atoms with Crippen LogP contribution in [0.15, 0.2) is 46.2 Å². The summed E-state index contributed by atoms with van der Waals surface area (Å²) < 4.78 is 8.04. The average molecular weight is 583 g/mol. The van der Waals surface area contributed by atoms with Crippen LogP contribution in [0.25, 0.3) is 10.2 Å². The monoisotopic (exact) mass is 582 g/mol. The van der Waals surface area contributed by atoms with Gasteiger partial charge in [0.25, 0.3) is 5.91 Å². The molecule has 1 spiro atoms. The number of thiazole rings is 1. The normalized spacial score (nSPS) is 24.0. The molecule has 6 rings (SSSR count). The van der Waals surface area contributed by atoms with Gasteiger partial charge in [-0.25, -0.2) is 9.97 Å². The molecule has 3 N–H and O–H groups in total. The molecule has 3 amide bonds. The minimum absolute atomic E-state index is 0.0186. The molecule has 5 heterocycles. The van der Waals surface area contributed by atoms with Crippen molar-refractivity contribution >= 4 is 54.3 Å². The second-order valence-corrected chi connectivity index (χ2v) is 17.2. The molecule has 212 valence electrons. The molecule has 2 atom stereocenters. The summed E-state index contributed by atoms with van der Waals surface area (Å²) in [6.07, 6.45) is 3.42. The van der Waals surface area contributed by atoms with Crippen molar-refractivity contribution in [2.75, 3.05) is 44.9 Å². The zero-order valence-electron chi connectivity index (χ0n) is 22.8. The maximum absolute atomic E-state index is 13.8. The smallest absolute Gasteiger partial charge is 0.320 e. The fourth-order valence-corrected chi connectivity index (χ4v) is 12.8. The Morgan fingerprint density at radius 1 is 1.18 bits per heavy atom. The minimum Gasteiger partial charge on any atom is -0.480 e. The van der Waals surface area contributed by atoms with Crippen LogP contribution in [0.5, 0.6) is 5.88 Å². The lowest BCUT2D eigenvalue weighted by molar-refractivity contribution is -0.140. The van der Waals surface area contributed by atoms with Gasteiger partial charge in [-0.15, -0.1) is 11.3 Å². The van der Waals surface area contributed by atoms with Gasteiger partial charge in [0.2, 0.25) is 5.88 Å². The van der Waals surface area contributed by atoms with Gasteiger partial charge in [0.05, 0.1) is 34.2 Å². The Morgan fingerprint density at radius 3 is 2.65 bits per heavy atom. The summed E-state index contributed by atoms with van der Waals surface area (Å²) in [5, 5.41) is 8.13. The van der Waals surface area contributed by atoms with Crippen molar-refractivity contribution in [1.29, 1.82) is 0 Å². The number of ether oxygens (including phenoxy) is 1. The summed E-state index contributed by atoms with van der Waals surface area (Å²) in [5.41, 5.74) is 6.60. The summed E-state index contributed by atoms with van der Waals surface area (Å²) in [6, 6.07) is 7.77. The van der Waals surface area contributed by atoms with Crippen LogP contribution in [0.3, 0.4) is 0 Å². The van der Waals surface area contributed by atoms with E-state index in [1.807, 2.05) is 4.31 Å². The molecule has 2 fully saturated rings. The second-order valence-electron chi connectivity index (χ2n) is 11.3. The van der Waals surface area contributed by atoms with E-state index >= 15 is 0 Å². The standard InChI is InChI=1S/C28H34N6O4S2/c1-17-7-9-40(10-11-40,20-4-5-23-22(13-20)32-27(39-23)18-6-8-33(2)16-18)34(15-17)28(37)25(36)31-19-12-21(24(29)35)26(38-3)30-14-19/h4-5,10-14,17-18,40H,6-9,15-16H2,1-3H3,(H2,29,35)(H,31,36)/t17-,18?/m0/s1. The van der Waals surface area contributed by atoms with Crippen molar-refractivity contribution in [3.8, 4) is 5.88 Å². The highest BCUT2D eigenvalue weighted by Gasteiger charge is 2.56. The van der Waals surface area contributed by atoms with Crippen molar-refractivity contribution in [3.63, 3.8) is 0 Å². The van der Waals surface area contributed by atoms with Crippen LogP contribution in [0, 0.1) is 5.92 Å². The number of likely N-dealkylation sites (tertiary alicyclic amines) is 1. The van der Waals surface area contributed by atoms with E-state index in [0.29, 0.717) is 12.5 Å². The molecular weight excluding hydrogens is 548 g/mol. The SMILES string of the molecule is COc1ncc(NC(=O)C(=O)N2C[C@@H](C)CC[SH]23(c2ccc4sc(C5CCN(C)C5)nc4c2)C=C3)cc1C(N)=O. The van der Waals surface area contributed by atoms with Gasteiger partial charge in [-0.2, -0.15) is 9.35 Å². The molecule has 40 heavy (non-hydrogen) atoms.